The lowest BCUT2D eigenvalue weighted by Crippen LogP contribution is -2.54. The number of hydrogen-bond donors (Lipinski definition) is 1. The van der Waals surface area contributed by atoms with Gasteiger partial charge < -0.3 is 5.11 Å². The number of likely N-dealkylation sites (tertiary alicyclic amines) is 1. The fourth-order valence-corrected chi connectivity index (χ4v) is 2.82. The molecule has 19 heavy (non-hydrogen) atoms. The lowest BCUT2D eigenvalue weighted by Gasteiger charge is -2.40. The molecule has 1 heterocycles. The van der Waals surface area contributed by atoms with Crippen molar-refractivity contribution >= 4 is 5.97 Å². The quantitative estimate of drug-likeness (QED) is 0.886. The summed E-state index contributed by atoms with van der Waals surface area (Å²) in [5.74, 6) is -0.690. The van der Waals surface area contributed by atoms with E-state index in [9.17, 15) is 9.90 Å². The van der Waals surface area contributed by atoms with Crippen LogP contribution in [0.5, 0.6) is 0 Å². The van der Waals surface area contributed by atoms with Crippen LogP contribution in [0.25, 0.3) is 0 Å². The number of benzene rings is 1. The summed E-state index contributed by atoms with van der Waals surface area (Å²) < 4.78 is 0. The summed E-state index contributed by atoms with van der Waals surface area (Å²) in [7, 11) is 0. The predicted octanol–water partition coefficient (Wildman–Crippen LogP) is 2.95. The van der Waals surface area contributed by atoms with Crippen LogP contribution in [0.2, 0.25) is 0 Å². The first-order valence-corrected chi connectivity index (χ1v) is 7.15. The summed E-state index contributed by atoms with van der Waals surface area (Å²) >= 11 is 0. The van der Waals surface area contributed by atoms with Crippen LogP contribution in [0.4, 0.5) is 0 Å². The Morgan fingerprint density at radius 1 is 1.21 bits per heavy atom. The lowest BCUT2D eigenvalue weighted by molar-refractivity contribution is -0.151. The standard InChI is InChI=1S/C16H23NO2/c1-16(15(18)19,17-12-6-3-7-13-17)11-10-14-8-4-2-5-9-14/h2,4-5,8-9H,3,6-7,10-13H2,1H3,(H,18,19). The Kier molecular flexibility index (Phi) is 4.59. The number of carboxylic acid groups (broad SMARTS) is 1. The number of rotatable bonds is 5. The van der Waals surface area contributed by atoms with Gasteiger partial charge in [-0.3, -0.25) is 9.69 Å². The van der Waals surface area contributed by atoms with Gasteiger partial charge in [-0.2, -0.15) is 0 Å². The maximum Gasteiger partial charge on any atom is 0.323 e. The molecule has 1 atom stereocenters. The summed E-state index contributed by atoms with van der Waals surface area (Å²) in [5.41, 5.74) is 0.489. The molecular formula is C16H23NO2. The zero-order chi connectivity index (χ0) is 13.7. The molecule has 0 aliphatic carbocycles. The normalized spacial score (nSPS) is 19.8. The van der Waals surface area contributed by atoms with Crippen LogP contribution in [0, 0.1) is 0 Å². The van der Waals surface area contributed by atoms with Crippen LogP contribution < -0.4 is 0 Å². The Bertz CT molecular complexity index is 412. The van der Waals surface area contributed by atoms with Crippen molar-refractivity contribution in [2.24, 2.45) is 0 Å². The van der Waals surface area contributed by atoms with Gasteiger partial charge in [0, 0.05) is 0 Å². The topological polar surface area (TPSA) is 40.5 Å². The molecule has 1 unspecified atom stereocenters. The Labute approximate surface area is 115 Å². The first-order chi connectivity index (χ1) is 9.13. The van der Waals surface area contributed by atoms with Crippen molar-refractivity contribution in [1.29, 1.82) is 0 Å². The van der Waals surface area contributed by atoms with Crippen LogP contribution >= 0.6 is 0 Å². The molecule has 1 aliphatic heterocycles. The largest absolute Gasteiger partial charge is 0.480 e. The fraction of sp³-hybridized carbons (Fsp3) is 0.562. The van der Waals surface area contributed by atoms with Gasteiger partial charge in [-0.1, -0.05) is 36.8 Å². The van der Waals surface area contributed by atoms with Gasteiger partial charge in [-0.05, 0) is 51.3 Å². The molecule has 0 aromatic heterocycles. The van der Waals surface area contributed by atoms with E-state index in [0.717, 1.165) is 32.4 Å². The zero-order valence-corrected chi connectivity index (χ0v) is 11.6. The Morgan fingerprint density at radius 2 is 1.84 bits per heavy atom. The maximum absolute atomic E-state index is 11.7. The summed E-state index contributed by atoms with van der Waals surface area (Å²) in [6.07, 6.45) is 4.96. The highest BCUT2D eigenvalue weighted by atomic mass is 16.4. The fourth-order valence-electron chi connectivity index (χ4n) is 2.82. The first kappa shape index (κ1) is 14.1. The van der Waals surface area contributed by atoms with Crippen LogP contribution in [-0.2, 0) is 11.2 Å². The number of nitrogens with zero attached hydrogens (tertiary/aromatic N) is 1. The van der Waals surface area contributed by atoms with E-state index < -0.39 is 11.5 Å². The van der Waals surface area contributed by atoms with Crippen LogP contribution in [-0.4, -0.2) is 34.6 Å². The molecule has 1 N–H and O–H groups in total. The predicted molar refractivity (Wildman–Crippen MR) is 76.2 cm³/mol. The molecule has 1 aromatic rings. The van der Waals surface area contributed by atoms with Crippen LogP contribution in [0.3, 0.4) is 0 Å². The Hall–Kier alpha value is -1.35. The van der Waals surface area contributed by atoms with Gasteiger partial charge in [0.1, 0.15) is 5.54 Å². The molecule has 2 rings (SSSR count). The molecule has 1 aromatic carbocycles. The monoisotopic (exact) mass is 261 g/mol. The summed E-state index contributed by atoms with van der Waals surface area (Å²) in [6, 6.07) is 10.1. The van der Waals surface area contributed by atoms with E-state index in [1.165, 1.54) is 12.0 Å². The highest BCUT2D eigenvalue weighted by molar-refractivity contribution is 5.78. The molecule has 0 saturated carbocycles. The Morgan fingerprint density at radius 3 is 2.42 bits per heavy atom. The van der Waals surface area contributed by atoms with Crippen molar-refractivity contribution in [3.63, 3.8) is 0 Å². The molecular weight excluding hydrogens is 238 g/mol. The molecule has 0 radical (unpaired) electrons. The minimum atomic E-state index is -0.726. The average molecular weight is 261 g/mol. The van der Waals surface area contributed by atoms with E-state index in [1.807, 2.05) is 25.1 Å². The lowest BCUT2D eigenvalue weighted by atomic mass is 9.89. The van der Waals surface area contributed by atoms with Crippen molar-refractivity contribution in [2.75, 3.05) is 13.1 Å². The van der Waals surface area contributed by atoms with E-state index in [2.05, 4.69) is 17.0 Å². The molecule has 0 bridgehead atoms. The van der Waals surface area contributed by atoms with Gasteiger partial charge in [-0.25, -0.2) is 0 Å². The maximum atomic E-state index is 11.7. The minimum Gasteiger partial charge on any atom is -0.480 e. The number of piperidine rings is 1. The average Bonchev–Trinajstić information content (AvgIpc) is 2.46. The third-order valence-electron chi connectivity index (χ3n) is 4.26. The Balaban J connectivity index is 2.04. The van der Waals surface area contributed by atoms with E-state index in [1.54, 1.807) is 0 Å². The van der Waals surface area contributed by atoms with Gasteiger partial charge in [0.15, 0.2) is 0 Å². The van der Waals surface area contributed by atoms with E-state index in [-0.39, 0.29) is 0 Å². The third kappa shape index (κ3) is 3.35. The molecule has 0 amide bonds. The highest BCUT2D eigenvalue weighted by Crippen LogP contribution is 2.26. The third-order valence-corrected chi connectivity index (χ3v) is 4.26. The highest BCUT2D eigenvalue weighted by Gasteiger charge is 2.39. The van der Waals surface area contributed by atoms with Gasteiger partial charge in [-0.15, -0.1) is 0 Å². The number of hydrogen-bond acceptors (Lipinski definition) is 2. The van der Waals surface area contributed by atoms with Gasteiger partial charge in [0.25, 0.3) is 0 Å². The summed E-state index contributed by atoms with van der Waals surface area (Å²) in [4.78, 5) is 13.9. The molecule has 1 saturated heterocycles. The van der Waals surface area contributed by atoms with E-state index >= 15 is 0 Å². The van der Waals surface area contributed by atoms with Crippen molar-refractivity contribution in [1.82, 2.24) is 4.90 Å². The van der Waals surface area contributed by atoms with Gasteiger partial charge in [0.2, 0.25) is 0 Å². The summed E-state index contributed by atoms with van der Waals surface area (Å²) in [6.45, 7) is 3.71. The van der Waals surface area contributed by atoms with E-state index in [0.29, 0.717) is 6.42 Å². The molecule has 0 spiro atoms. The van der Waals surface area contributed by atoms with Gasteiger partial charge >= 0.3 is 5.97 Å². The van der Waals surface area contributed by atoms with E-state index in [4.69, 9.17) is 0 Å². The van der Waals surface area contributed by atoms with Crippen molar-refractivity contribution in [3.05, 3.63) is 35.9 Å². The zero-order valence-electron chi connectivity index (χ0n) is 11.6. The first-order valence-electron chi connectivity index (χ1n) is 7.15. The smallest absolute Gasteiger partial charge is 0.323 e. The second-order valence-electron chi connectivity index (χ2n) is 5.61. The van der Waals surface area contributed by atoms with Crippen molar-refractivity contribution in [3.8, 4) is 0 Å². The van der Waals surface area contributed by atoms with Crippen molar-refractivity contribution < 1.29 is 9.90 Å². The van der Waals surface area contributed by atoms with Crippen LogP contribution in [0.15, 0.2) is 30.3 Å². The second kappa shape index (κ2) is 6.20. The van der Waals surface area contributed by atoms with Crippen molar-refractivity contribution in [2.45, 2.75) is 44.6 Å². The van der Waals surface area contributed by atoms with Gasteiger partial charge in [0.05, 0.1) is 0 Å². The summed E-state index contributed by atoms with van der Waals surface area (Å²) in [5, 5.41) is 9.62. The van der Waals surface area contributed by atoms with Crippen LogP contribution in [0.1, 0.15) is 38.2 Å². The molecule has 1 fully saturated rings. The minimum absolute atomic E-state index is 0.673. The molecule has 3 nitrogen and oxygen atoms in total. The molecule has 3 heteroatoms. The number of aryl methyl sites for hydroxylation is 1. The number of carbonyl (C=O) groups is 1. The second-order valence-corrected chi connectivity index (χ2v) is 5.61. The molecule has 1 aliphatic rings. The molecule has 104 valence electrons. The SMILES string of the molecule is CC(CCc1ccccc1)(C(=O)O)N1CCCCC1. The number of aliphatic carboxylic acids is 1. The number of carboxylic acids is 1.